The van der Waals surface area contributed by atoms with Crippen LogP contribution in [0.2, 0.25) is 0 Å². The van der Waals surface area contributed by atoms with E-state index in [-0.39, 0.29) is 29.1 Å². The molecule has 4 rings (SSSR count). The monoisotopic (exact) mass is 350 g/mol. The number of aliphatic hydroxyl groups is 1. The molecule has 2 atom stereocenters. The number of para-hydroxylation sites is 1. The molecule has 1 saturated carbocycles. The zero-order valence-electron chi connectivity index (χ0n) is 14.5. The van der Waals surface area contributed by atoms with Crippen LogP contribution >= 0.6 is 0 Å². The van der Waals surface area contributed by atoms with Gasteiger partial charge in [0.15, 0.2) is 23.0 Å². The molecule has 1 aliphatic heterocycles. The molecule has 26 heavy (non-hydrogen) atoms. The summed E-state index contributed by atoms with van der Waals surface area (Å²) >= 11 is 0. The van der Waals surface area contributed by atoms with Crippen molar-refractivity contribution in [2.24, 2.45) is 11.8 Å². The molecule has 2 unspecified atom stereocenters. The predicted molar refractivity (Wildman–Crippen MR) is 101 cm³/mol. The number of aromatic hydroxyl groups is 2. The van der Waals surface area contributed by atoms with Crippen LogP contribution in [-0.2, 0) is 0 Å². The lowest BCUT2D eigenvalue weighted by molar-refractivity contribution is 0.238. The van der Waals surface area contributed by atoms with E-state index in [1.807, 2.05) is 12.1 Å². The highest BCUT2D eigenvalue weighted by Gasteiger charge is 2.35. The van der Waals surface area contributed by atoms with Gasteiger partial charge in [0.1, 0.15) is 0 Å². The molecule has 0 bridgehead atoms. The van der Waals surface area contributed by atoms with E-state index >= 15 is 0 Å². The van der Waals surface area contributed by atoms with Crippen molar-refractivity contribution < 1.29 is 20.1 Å². The van der Waals surface area contributed by atoms with Crippen LogP contribution in [0.1, 0.15) is 31.2 Å². The normalized spacial score (nSPS) is 21.5. The first kappa shape index (κ1) is 16.6. The van der Waals surface area contributed by atoms with Gasteiger partial charge in [-0.25, -0.2) is 0 Å². The van der Waals surface area contributed by atoms with Crippen LogP contribution in [0.5, 0.6) is 23.0 Å². The fraction of sp³-hybridized carbons (Fsp3) is 0.273. The van der Waals surface area contributed by atoms with E-state index in [2.05, 4.69) is 13.2 Å². The van der Waals surface area contributed by atoms with E-state index in [0.29, 0.717) is 16.7 Å². The summed E-state index contributed by atoms with van der Waals surface area (Å²) in [4.78, 5) is 0. The van der Waals surface area contributed by atoms with Gasteiger partial charge in [-0.1, -0.05) is 50.3 Å². The van der Waals surface area contributed by atoms with Crippen molar-refractivity contribution in [3.8, 4) is 23.0 Å². The maximum atomic E-state index is 10.5. The predicted octanol–water partition coefficient (Wildman–Crippen LogP) is 3.69. The summed E-state index contributed by atoms with van der Waals surface area (Å²) in [6.45, 7) is 7.62. The largest absolute Gasteiger partial charge is 0.513 e. The first-order chi connectivity index (χ1) is 12.5. The Morgan fingerprint density at radius 1 is 1.04 bits per heavy atom. The Morgan fingerprint density at radius 2 is 1.81 bits per heavy atom. The SMILES string of the molecule is C=C(O)C1CCCCC1C1=c2ccc(=C)c(O)c2Oc2c(O)cccc21. The topological polar surface area (TPSA) is 69.9 Å². The van der Waals surface area contributed by atoms with E-state index in [9.17, 15) is 15.3 Å². The van der Waals surface area contributed by atoms with E-state index in [0.717, 1.165) is 42.0 Å². The first-order valence-electron chi connectivity index (χ1n) is 8.92. The summed E-state index contributed by atoms with van der Waals surface area (Å²) in [6, 6.07) is 8.91. The Balaban J connectivity index is 2.06. The smallest absolute Gasteiger partial charge is 0.177 e. The molecule has 0 amide bonds. The second-order valence-electron chi connectivity index (χ2n) is 7.11. The third-order valence-corrected chi connectivity index (χ3v) is 5.56. The van der Waals surface area contributed by atoms with E-state index in [1.54, 1.807) is 18.2 Å². The second kappa shape index (κ2) is 6.13. The van der Waals surface area contributed by atoms with Crippen LogP contribution in [0.4, 0.5) is 0 Å². The summed E-state index contributed by atoms with van der Waals surface area (Å²) in [7, 11) is 0. The van der Waals surface area contributed by atoms with Gasteiger partial charge in [0, 0.05) is 21.9 Å². The fourth-order valence-corrected chi connectivity index (χ4v) is 4.29. The molecule has 1 heterocycles. The minimum atomic E-state index is -0.0542. The molecule has 134 valence electrons. The van der Waals surface area contributed by atoms with Crippen LogP contribution in [-0.4, -0.2) is 15.3 Å². The average molecular weight is 350 g/mol. The lowest BCUT2D eigenvalue weighted by Gasteiger charge is -2.35. The van der Waals surface area contributed by atoms with E-state index < -0.39 is 0 Å². The molecule has 2 aromatic carbocycles. The van der Waals surface area contributed by atoms with Crippen molar-refractivity contribution in [1.82, 2.24) is 0 Å². The summed E-state index contributed by atoms with van der Waals surface area (Å²) in [5, 5.41) is 32.3. The molecule has 4 heteroatoms. The van der Waals surface area contributed by atoms with Crippen LogP contribution < -0.4 is 15.2 Å². The van der Waals surface area contributed by atoms with Gasteiger partial charge in [-0.15, -0.1) is 0 Å². The quantitative estimate of drug-likeness (QED) is 0.723. The highest BCUT2D eigenvalue weighted by Crippen LogP contribution is 2.48. The fourth-order valence-electron chi connectivity index (χ4n) is 4.29. The highest BCUT2D eigenvalue weighted by atomic mass is 16.5. The number of phenols is 2. The zero-order chi connectivity index (χ0) is 18.4. The van der Waals surface area contributed by atoms with Crippen molar-refractivity contribution >= 4 is 12.2 Å². The third-order valence-electron chi connectivity index (χ3n) is 5.56. The van der Waals surface area contributed by atoms with Crippen molar-refractivity contribution in [3.05, 3.63) is 58.7 Å². The highest BCUT2D eigenvalue weighted by molar-refractivity contribution is 5.79. The Bertz CT molecular complexity index is 1010. The van der Waals surface area contributed by atoms with E-state index in [4.69, 9.17) is 4.74 Å². The number of hydrogen-bond acceptors (Lipinski definition) is 4. The van der Waals surface area contributed by atoms with Crippen molar-refractivity contribution in [3.63, 3.8) is 0 Å². The Hall–Kier alpha value is -2.88. The molecule has 0 spiro atoms. The number of rotatable bonds is 2. The first-order valence-corrected chi connectivity index (χ1v) is 8.92. The van der Waals surface area contributed by atoms with Crippen molar-refractivity contribution in [2.45, 2.75) is 25.7 Å². The molecular formula is C22H22O4. The average Bonchev–Trinajstić information content (AvgIpc) is 2.64. The lowest BCUT2D eigenvalue weighted by Crippen LogP contribution is -2.29. The molecule has 1 fully saturated rings. The Kier molecular flexibility index (Phi) is 3.91. The summed E-state index contributed by atoms with van der Waals surface area (Å²) in [5.41, 5.74) is 1.78. The lowest BCUT2D eigenvalue weighted by atomic mass is 9.71. The van der Waals surface area contributed by atoms with Gasteiger partial charge < -0.3 is 20.1 Å². The molecule has 0 radical (unpaired) electrons. The molecule has 2 aromatic rings. The van der Waals surface area contributed by atoms with Gasteiger partial charge in [0.2, 0.25) is 0 Å². The molecule has 2 aliphatic rings. The molecule has 4 nitrogen and oxygen atoms in total. The van der Waals surface area contributed by atoms with Crippen LogP contribution in [0.15, 0.2) is 42.7 Å². The third kappa shape index (κ3) is 2.45. The molecule has 3 N–H and O–H groups in total. The number of allylic oxidation sites excluding steroid dienone is 1. The number of ether oxygens (including phenoxy) is 1. The van der Waals surface area contributed by atoms with E-state index in [1.165, 1.54) is 0 Å². The summed E-state index contributed by atoms with van der Waals surface area (Å²) in [6.07, 6.45) is 3.88. The second-order valence-corrected chi connectivity index (χ2v) is 7.11. The minimum Gasteiger partial charge on any atom is -0.513 e. The number of aliphatic hydroxyl groups excluding tert-OH is 1. The van der Waals surface area contributed by atoms with Crippen LogP contribution in [0, 0.1) is 11.8 Å². The number of fused-ring (bicyclic) bond motifs is 2. The van der Waals surface area contributed by atoms with Gasteiger partial charge in [0.05, 0.1) is 5.76 Å². The molecular weight excluding hydrogens is 328 g/mol. The Labute approximate surface area is 152 Å². The number of benzene rings is 2. The minimum absolute atomic E-state index is 0.0229. The number of hydrogen-bond donors (Lipinski definition) is 3. The van der Waals surface area contributed by atoms with Crippen molar-refractivity contribution in [2.75, 3.05) is 0 Å². The Morgan fingerprint density at radius 3 is 2.58 bits per heavy atom. The maximum absolute atomic E-state index is 10.5. The van der Waals surface area contributed by atoms with Gasteiger partial charge in [0.25, 0.3) is 0 Å². The summed E-state index contributed by atoms with van der Waals surface area (Å²) in [5.74, 6) is 0.827. The van der Waals surface area contributed by atoms with Crippen molar-refractivity contribution in [1.29, 1.82) is 0 Å². The van der Waals surface area contributed by atoms with Gasteiger partial charge in [-0.05, 0) is 30.4 Å². The van der Waals surface area contributed by atoms with Crippen LogP contribution in [0.25, 0.3) is 12.2 Å². The standard InChI is InChI=1S/C22H22O4/c1-12-10-11-17-19(15-7-4-3-6-14(15)13(2)23)16-8-5-9-18(24)21(16)26-22(17)20(12)25/h5,8-11,14-15,23-25H,1-4,6-7H2. The van der Waals surface area contributed by atoms with Gasteiger partial charge >= 0.3 is 0 Å². The molecule has 1 aliphatic carbocycles. The van der Waals surface area contributed by atoms with Crippen LogP contribution in [0.3, 0.4) is 0 Å². The molecule has 0 saturated heterocycles. The molecule has 0 aromatic heterocycles. The number of phenolic OH excluding ortho intramolecular Hbond substituents is 2. The summed E-state index contributed by atoms with van der Waals surface area (Å²) < 4.78 is 5.89. The maximum Gasteiger partial charge on any atom is 0.177 e. The zero-order valence-corrected chi connectivity index (χ0v) is 14.5. The van der Waals surface area contributed by atoms with Gasteiger partial charge in [-0.3, -0.25) is 0 Å². The van der Waals surface area contributed by atoms with Gasteiger partial charge in [-0.2, -0.15) is 0 Å².